The van der Waals surface area contributed by atoms with Crippen molar-refractivity contribution in [3.8, 4) is 5.75 Å². The summed E-state index contributed by atoms with van der Waals surface area (Å²) in [6.45, 7) is 15.8. The van der Waals surface area contributed by atoms with E-state index in [1.54, 1.807) is 24.0 Å². The van der Waals surface area contributed by atoms with Gasteiger partial charge in [-0.3, -0.25) is 25.5 Å². The number of nitrogens with zero attached hydrogens (tertiary/aromatic N) is 2. The van der Waals surface area contributed by atoms with Gasteiger partial charge in [0.05, 0.1) is 17.9 Å². The molecule has 0 amide bonds. The third-order valence-electron chi connectivity index (χ3n) is 4.10. The van der Waals surface area contributed by atoms with Gasteiger partial charge in [-0.05, 0) is 46.1 Å². The molecule has 0 radical (unpaired) electrons. The van der Waals surface area contributed by atoms with Crippen LogP contribution in [0.25, 0.3) is 0 Å². The number of carbonyl (C=O) groups excluding carboxylic acids is 1. The number of fused-ring (bicyclic) bond motifs is 1. The van der Waals surface area contributed by atoms with E-state index in [9.17, 15) is 4.79 Å². The van der Waals surface area contributed by atoms with Gasteiger partial charge < -0.3 is 10.1 Å². The highest BCUT2D eigenvalue weighted by Gasteiger charge is 2.25. The number of amidine groups is 2. The van der Waals surface area contributed by atoms with E-state index in [1.807, 2.05) is 92.9 Å². The van der Waals surface area contributed by atoms with Crippen LogP contribution >= 0.6 is 0 Å². The molecular weight excluding hydrogens is 438 g/mol. The molecule has 0 aliphatic carbocycles. The van der Waals surface area contributed by atoms with E-state index in [-0.39, 0.29) is 24.8 Å². The zero-order chi connectivity index (χ0) is 27.4. The van der Waals surface area contributed by atoms with E-state index in [4.69, 9.17) is 15.6 Å². The van der Waals surface area contributed by atoms with Crippen LogP contribution in [0.4, 0.5) is 5.69 Å². The molecule has 0 atom stereocenters. The monoisotopic (exact) mass is 483 g/mol. The van der Waals surface area contributed by atoms with Gasteiger partial charge in [-0.1, -0.05) is 71.4 Å². The number of benzodiazepines with no additional fused rings is 1. The zero-order valence-electron chi connectivity index (χ0n) is 23.2. The molecule has 3 N–H and O–H groups in total. The molecule has 2 aromatic rings. The van der Waals surface area contributed by atoms with Crippen LogP contribution in [0.2, 0.25) is 0 Å². The van der Waals surface area contributed by atoms with Crippen LogP contribution < -0.4 is 15.0 Å². The van der Waals surface area contributed by atoms with Gasteiger partial charge >= 0.3 is 0 Å². The number of ether oxygens (including phenoxy) is 1. The number of aliphatic imine (C=N–C) groups is 1. The Morgan fingerprint density at radius 3 is 2.09 bits per heavy atom. The van der Waals surface area contributed by atoms with Crippen LogP contribution in [0.3, 0.4) is 0 Å². The normalized spacial score (nSPS) is 11.1. The van der Waals surface area contributed by atoms with Crippen molar-refractivity contribution < 1.29 is 9.53 Å². The van der Waals surface area contributed by atoms with E-state index in [2.05, 4.69) is 10.3 Å². The molecule has 7 nitrogen and oxygen atoms in total. The highest BCUT2D eigenvalue weighted by atomic mass is 16.5. The smallest absolute Gasteiger partial charge is 0.157 e. The first-order valence-electron chi connectivity index (χ1n) is 12.3. The number of aldehydes is 1. The first kappa shape index (κ1) is 33.9. The number of carbonyl (C=O) groups is 1. The third-order valence-corrected chi connectivity index (χ3v) is 4.10. The first-order chi connectivity index (χ1) is 16.9. The number of rotatable bonds is 4. The molecule has 0 saturated carbocycles. The molecule has 0 spiro atoms. The molecule has 35 heavy (non-hydrogen) atoms. The fraction of sp³-hybridized carbons (Fsp3) is 0.429. The fourth-order valence-corrected chi connectivity index (χ4v) is 2.92. The Balaban J connectivity index is 0. The van der Waals surface area contributed by atoms with Gasteiger partial charge in [-0.15, -0.1) is 0 Å². The van der Waals surface area contributed by atoms with Crippen molar-refractivity contribution in [3.63, 3.8) is 0 Å². The van der Waals surface area contributed by atoms with Crippen LogP contribution in [0.15, 0.2) is 47.5 Å². The van der Waals surface area contributed by atoms with Crippen molar-refractivity contribution in [1.29, 1.82) is 10.8 Å². The van der Waals surface area contributed by atoms with E-state index in [1.165, 1.54) is 0 Å². The SMILES string of the molecule is CC.CC.CC.CC(=N)N1C(=N)CN=C(c2ccc(C)cc2)c2cc(OCC=O)ccc21.CNC. The number of nitrogens with one attached hydrogen (secondary N) is 3. The lowest BCUT2D eigenvalue weighted by molar-refractivity contribution is -0.109. The Morgan fingerprint density at radius 2 is 1.60 bits per heavy atom. The van der Waals surface area contributed by atoms with Crippen molar-refractivity contribution in [2.24, 2.45) is 4.99 Å². The molecular formula is C28H45N5O2. The minimum atomic E-state index is -0.0288. The molecule has 0 aromatic heterocycles. The summed E-state index contributed by atoms with van der Waals surface area (Å²) < 4.78 is 5.44. The Kier molecular flexibility index (Phi) is 19.4. The quantitative estimate of drug-likeness (QED) is 0.277. The fourth-order valence-electron chi connectivity index (χ4n) is 2.92. The number of benzene rings is 2. The number of hydrogen-bond donors (Lipinski definition) is 3. The van der Waals surface area contributed by atoms with Crippen LogP contribution in [-0.2, 0) is 4.79 Å². The maximum absolute atomic E-state index is 10.6. The third kappa shape index (κ3) is 10.6. The summed E-state index contributed by atoms with van der Waals surface area (Å²) in [6.07, 6.45) is 0.699. The van der Waals surface area contributed by atoms with Gasteiger partial charge in [-0.25, -0.2) is 0 Å². The molecule has 194 valence electrons. The minimum absolute atomic E-state index is 0.0288. The first-order valence-corrected chi connectivity index (χ1v) is 12.3. The lowest BCUT2D eigenvalue weighted by Gasteiger charge is -2.24. The standard InChI is InChI=1S/C20H20N4O2.C2H7N.3C2H6/c1-13-3-5-15(6-4-13)20-17-11-16(26-10-9-25)7-8-18(17)24(14(2)21)19(22)12-23-20;1-3-2;3*1-2/h3-9,11,21-22H,10,12H2,1-2H3;3H,1-2H3;3*1-2H3. The molecule has 2 aromatic carbocycles. The van der Waals surface area contributed by atoms with Crippen LogP contribution in [-0.4, -0.2) is 50.9 Å². The average molecular weight is 484 g/mol. The summed E-state index contributed by atoms with van der Waals surface area (Å²) in [4.78, 5) is 16.8. The van der Waals surface area contributed by atoms with Crippen LogP contribution in [0.5, 0.6) is 5.75 Å². The molecule has 1 aliphatic rings. The minimum Gasteiger partial charge on any atom is -0.486 e. The van der Waals surface area contributed by atoms with E-state index in [0.717, 1.165) is 22.4 Å². The van der Waals surface area contributed by atoms with Gasteiger partial charge in [0.25, 0.3) is 0 Å². The second kappa shape index (κ2) is 20.1. The van der Waals surface area contributed by atoms with Crippen molar-refractivity contribution in [3.05, 3.63) is 59.2 Å². The van der Waals surface area contributed by atoms with Gasteiger partial charge in [-0.2, -0.15) is 0 Å². The summed E-state index contributed by atoms with van der Waals surface area (Å²) in [5.41, 5.74) is 4.30. The molecule has 1 heterocycles. The topological polar surface area (TPSA) is 102 Å². The number of aryl methyl sites for hydroxylation is 1. The highest BCUT2D eigenvalue weighted by molar-refractivity contribution is 6.25. The Bertz CT molecular complexity index is 921. The Hall–Kier alpha value is -3.32. The molecule has 0 bridgehead atoms. The number of hydrogen-bond acceptors (Lipinski definition) is 6. The van der Waals surface area contributed by atoms with E-state index in [0.29, 0.717) is 17.7 Å². The summed E-state index contributed by atoms with van der Waals surface area (Å²) in [6, 6.07) is 13.4. The Morgan fingerprint density at radius 1 is 1.06 bits per heavy atom. The molecule has 0 unspecified atom stereocenters. The second-order valence-electron chi connectivity index (χ2n) is 6.56. The van der Waals surface area contributed by atoms with Crippen molar-refractivity contribution >= 4 is 29.4 Å². The molecule has 0 saturated heterocycles. The molecule has 3 rings (SSSR count). The van der Waals surface area contributed by atoms with Crippen LogP contribution in [0, 0.1) is 17.7 Å². The average Bonchev–Trinajstić information content (AvgIpc) is 3.03. The molecule has 7 heteroatoms. The molecule has 0 fully saturated rings. The van der Waals surface area contributed by atoms with Crippen molar-refractivity contribution in [1.82, 2.24) is 5.32 Å². The van der Waals surface area contributed by atoms with E-state index >= 15 is 0 Å². The predicted molar refractivity (Wildman–Crippen MR) is 152 cm³/mol. The lowest BCUT2D eigenvalue weighted by atomic mass is 9.99. The van der Waals surface area contributed by atoms with Gasteiger partial charge in [0, 0.05) is 11.1 Å². The van der Waals surface area contributed by atoms with Crippen LogP contribution in [0.1, 0.15) is 65.2 Å². The van der Waals surface area contributed by atoms with E-state index < -0.39 is 0 Å². The summed E-state index contributed by atoms with van der Waals surface area (Å²) in [5.74, 6) is 1.03. The van der Waals surface area contributed by atoms with Gasteiger partial charge in [0.15, 0.2) is 6.29 Å². The highest BCUT2D eigenvalue weighted by Crippen LogP contribution is 2.31. The maximum atomic E-state index is 10.6. The van der Waals surface area contributed by atoms with Gasteiger partial charge in [0.1, 0.15) is 24.0 Å². The zero-order valence-corrected chi connectivity index (χ0v) is 23.2. The second-order valence-corrected chi connectivity index (χ2v) is 6.56. The summed E-state index contributed by atoms with van der Waals surface area (Å²) in [5, 5.41) is 19.1. The largest absolute Gasteiger partial charge is 0.486 e. The maximum Gasteiger partial charge on any atom is 0.157 e. The van der Waals surface area contributed by atoms with Crippen molar-refractivity contribution in [2.75, 3.05) is 32.1 Å². The lowest BCUT2D eigenvalue weighted by Crippen LogP contribution is -2.35. The summed E-state index contributed by atoms with van der Waals surface area (Å²) >= 11 is 0. The number of anilines is 1. The van der Waals surface area contributed by atoms with Crippen molar-refractivity contribution in [2.45, 2.75) is 55.4 Å². The van der Waals surface area contributed by atoms with Gasteiger partial charge in [0.2, 0.25) is 0 Å². The summed E-state index contributed by atoms with van der Waals surface area (Å²) in [7, 11) is 3.75. The predicted octanol–water partition coefficient (Wildman–Crippen LogP) is 6.12. The molecule has 1 aliphatic heterocycles. The Labute approximate surface area is 212 Å².